The zero-order chi connectivity index (χ0) is 21.5. The van der Waals surface area contributed by atoms with Gasteiger partial charge in [-0.3, -0.25) is 9.59 Å². The van der Waals surface area contributed by atoms with Gasteiger partial charge in [0.05, 0.1) is 0 Å². The number of rotatable bonds is 15. The van der Waals surface area contributed by atoms with Gasteiger partial charge in [0.2, 0.25) is 11.8 Å². The number of nitrogens with zero attached hydrogens (tertiary/aromatic N) is 2. The molecule has 0 bridgehead atoms. The summed E-state index contributed by atoms with van der Waals surface area (Å²) < 4.78 is 0. The molecule has 0 saturated heterocycles. The molecule has 0 fully saturated rings. The van der Waals surface area contributed by atoms with Crippen molar-refractivity contribution in [3.05, 3.63) is 48.0 Å². The summed E-state index contributed by atoms with van der Waals surface area (Å²) in [6, 6.07) is 8.74. The Morgan fingerprint density at radius 1 is 0.931 bits per heavy atom. The highest BCUT2D eigenvalue weighted by Crippen LogP contribution is 2.09. The summed E-state index contributed by atoms with van der Waals surface area (Å²) >= 11 is 0. The third kappa shape index (κ3) is 12.1. The van der Waals surface area contributed by atoms with Gasteiger partial charge in [0, 0.05) is 32.6 Å². The Bertz CT molecular complexity index is 616. The van der Waals surface area contributed by atoms with Crippen LogP contribution in [0.2, 0.25) is 0 Å². The van der Waals surface area contributed by atoms with E-state index >= 15 is 0 Å². The van der Waals surface area contributed by atoms with E-state index in [1.165, 1.54) is 17.2 Å². The number of hydrogen-bond donors (Lipinski definition) is 2. The Hall–Kier alpha value is -2.18. The minimum Gasteiger partial charge on any atom is -0.356 e. The Balaban J connectivity index is 2.24. The van der Waals surface area contributed by atoms with Crippen molar-refractivity contribution < 1.29 is 9.59 Å². The quantitative estimate of drug-likeness (QED) is 0.350. The third-order valence-corrected chi connectivity index (χ3v) is 4.65. The topological polar surface area (TPSA) is 64.7 Å². The maximum atomic E-state index is 11.5. The van der Waals surface area contributed by atoms with Gasteiger partial charge in [-0.05, 0) is 63.7 Å². The summed E-state index contributed by atoms with van der Waals surface area (Å²) in [5.41, 5.74) is 2.58. The molecule has 6 heteroatoms. The Morgan fingerprint density at radius 3 is 1.86 bits per heavy atom. The molecule has 162 valence electrons. The number of nitrogens with one attached hydrogen (secondary N) is 2. The average Bonchev–Trinajstić information content (AvgIpc) is 2.70. The standard InChI is InChI=1S/C23H38N4O2/c1-5-9-23(29)25-15-8-17-27(4)19-21-12-10-20(11-13-21)18-26(3)16-7-14-24-22(28)6-2/h6,10-13H,2,5,7-9,14-19H2,1,3-4H3,(H,24,28)(H,25,29). The van der Waals surface area contributed by atoms with Gasteiger partial charge in [-0.25, -0.2) is 0 Å². The molecule has 0 aliphatic carbocycles. The summed E-state index contributed by atoms with van der Waals surface area (Å²) in [5.74, 6) is 0.0340. The monoisotopic (exact) mass is 402 g/mol. The number of carbonyl (C=O) groups is 2. The Morgan fingerprint density at radius 2 is 1.41 bits per heavy atom. The molecule has 29 heavy (non-hydrogen) atoms. The predicted octanol–water partition coefficient (Wildman–Crippen LogP) is 2.55. The molecule has 0 radical (unpaired) electrons. The number of benzene rings is 1. The van der Waals surface area contributed by atoms with Gasteiger partial charge in [0.15, 0.2) is 0 Å². The van der Waals surface area contributed by atoms with Gasteiger partial charge in [-0.2, -0.15) is 0 Å². The molecule has 1 rings (SSSR count). The molecule has 0 aliphatic heterocycles. The van der Waals surface area contributed by atoms with Gasteiger partial charge in [0.1, 0.15) is 0 Å². The van der Waals surface area contributed by atoms with Crippen molar-refractivity contribution in [2.24, 2.45) is 0 Å². The van der Waals surface area contributed by atoms with E-state index in [1.807, 2.05) is 6.92 Å². The van der Waals surface area contributed by atoms with E-state index in [4.69, 9.17) is 0 Å². The number of hydrogen-bond acceptors (Lipinski definition) is 4. The third-order valence-electron chi connectivity index (χ3n) is 4.65. The van der Waals surface area contributed by atoms with Gasteiger partial charge in [0.25, 0.3) is 0 Å². The van der Waals surface area contributed by atoms with Crippen molar-refractivity contribution in [3.63, 3.8) is 0 Å². The lowest BCUT2D eigenvalue weighted by molar-refractivity contribution is -0.121. The fourth-order valence-electron chi connectivity index (χ4n) is 3.06. The molecule has 0 aliphatic rings. The van der Waals surface area contributed by atoms with Crippen LogP contribution < -0.4 is 10.6 Å². The smallest absolute Gasteiger partial charge is 0.243 e. The van der Waals surface area contributed by atoms with Crippen LogP contribution in [0.5, 0.6) is 0 Å². The van der Waals surface area contributed by atoms with E-state index < -0.39 is 0 Å². The largest absolute Gasteiger partial charge is 0.356 e. The van der Waals surface area contributed by atoms with Crippen molar-refractivity contribution in [2.45, 2.75) is 45.7 Å². The van der Waals surface area contributed by atoms with Crippen LogP contribution in [0.15, 0.2) is 36.9 Å². The lowest BCUT2D eigenvalue weighted by Crippen LogP contribution is -2.27. The fraction of sp³-hybridized carbons (Fsp3) is 0.565. The minimum absolute atomic E-state index is 0.116. The van der Waals surface area contributed by atoms with Gasteiger partial charge in [-0.1, -0.05) is 37.8 Å². The Kier molecular flexibility index (Phi) is 12.7. The zero-order valence-electron chi connectivity index (χ0n) is 18.4. The SMILES string of the molecule is C=CC(=O)NCCCN(C)Cc1ccc(CN(C)CCCNC(=O)CCC)cc1. The molecule has 0 heterocycles. The summed E-state index contributed by atoms with van der Waals surface area (Å²) in [7, 11) is 4.21. The van der Waals surface area contributed by atoms with Crippen LogP contribution in [0.3, 0.4) is 0 Å². The van der Waals surface area contributed by atoms with Crippen LogP contribution in [-0.2, 0) is 22.7 Å². The van der Waals surface area contributed by atoms with E-state index in [-0.39, 0.29) is 11.8 Å². The fourth-order valence-corrected chi connectivity index (χ4v) is 3.06. The lowest BCUT2D eigenvalue weighted by atomic mass is 10.1. The summed E-state index contributed by atoms with van der Waals surface area (Å²) in [6.45, 7) is 10.6. The van der Waals surface area contributed by atoms with Crippen molar-refractivity contribution in [1.29, 1.82) is 0 Å². The van der Waals surface area contributed by atoms with E-state index in [0.717, 1.165) is 52.0 Å². The van der Waals surface area contributed by atoms with Gasteiger partial charge in [-0.15, -0.1) is 0 Å². The molecular formula is C23H38N4O2. The first-order valence-corrected chi connectivity index (χ1v) is 10.6. The molecule has 6 nitrogen and oxygen atoms in total. The highest BCUT2D eigenvalue weighted by Gasteiger charge is 2.04. The summed E-state index contributed by atoms with van der Waals surface area (Å²) in [6.07, 6.45) is 4.68. The van der Waals surface area contributed by atoms with Crippen LogP contribution in [0.1, 0.15) is 43.7 Å². The van der Waals surface area contributed by atoms with Crippen molar-refractivity contribution in [2.75, 3.05) is 40.3 Å². The van der Waals surface area contributed by atoms with Gasteiger partial charge < -0.3 is 20.4 Å². The molecule has 0 atom stereocenters. The van der Waals surface area contributed by atoms with Crippen molar-refractivity contribution in [3.8, 4) is 0 Å². The van der Waals surface area contributed by atoms with Crippen LogP contribution >= 0.6 is 0 Å². The van der Waals surface area contributed by atoms with Crippen LogP contribution in [0.25, 0.3) is 0 Å². The van der Waals surface area contributed by atoms with E-state index in [9.17, 15) is 9.59 Å². The van der Waals surface area contributed by atoms with Gasteiger partial charge >= 0.3 is 0 Å². The van der Waals surface area contributed by atoms with E-state index in [1.54, 1.807) is 0 Å². The van der Waals surface area contributed by atoms with E-state index in [0.29, 0.717) is 13.0 Å². The number of amides is 2. The first-order valence-electron chi connectivity index (χ1n) is 10.6. The van der Waals surface area contributed by atoms with Crippen molar-refractivity contribution >= 4 is 11.8 Å². The summed E-state index contributed by atoms with van der Waals surface area (Å²) in [5, 5.41) is 5.76. The molecule has 2 amide bonds. The maximum Gasteiger partial charge on any atom is 0.243 e. The molecule has 2 N–H and O–H groups in total. The minimum atomic E-state index is -0.116. The first kappa shape index (κ1) is 24.9. The second kappa shape index (κ2) is 14.8. The first-order chi connectivity index (χ1) is 13.9. The highest BCUT2D eigenvalue weighted by molar-refractivity contribution is 5.86. The molecule has 0 saturated carbocycles. The molecule has 0 unspecified atom stereocenters. The second-order valence-electron chi connectivity index (χ2n) is 7.59. The number of carbonyl (C=O) groups excluding carboxylic acids is 2. The lowest BCUT2D eigenvalue weighted by Gasteiger charge is -2.19. The average molecular weight is 403 g/mol. The highest BCUT2D eigenvalue weighted by atomic mass is 16.2. The normalized spacial score (nSPS) is 10.9. The Labute approximate surface area is 176 Å². The molecule has 1 aromatic rings. The van der Waals surface area contributed by atoms with Crippen LogP contribution in [-0.4, -0.2) is 61.9 Å². The maximum absolute atomic E-state index is 11.5. The molecule has 0 aromatic heterocycles. The molecule has 1 aromatic carbocycles. The second-order valence-corrected chi connectivity index (χ2v) is 7.59. The predicted molar refractivity (Wildman–Crippen MR) is 119 cm³/mol. The molecular weight excluding hydrogens is 364 g/mol. The zero-order valence-corrected chi connectivity index (χ0v) is 18.4. The molecule has 0 spiro atoms. The van der Waals surface area contributed by atoms with Crippen LogP contribution in [0, 0.1) is 0 Å². The van der Waals surface area contributed by atoms with Crippen molar-refractivity contribution in [1.82, 2.24) is 20.4 Å². The van der Waals surface area contributed by atoms with Crippen LogP contribution in [0.4, 0.5) is 0 Å². The summed E-state index contributed by atoms with van der Waals surface area (Å²) in [4.78, 5) is 27.1. The van der Waals surface area contributed by atoms with E-state index in [2.05, 4.69) is 65.4 Å².